The molecule has 0 aromatic heterocycles. The number of allylic oxidation sites excluding steroid dienone is 1. The summed E-state index contributed by atoms with van der Waals surface area (Å²) in [5.41, 5.74) is 0.0719. The Morgan fingerprint density at radius 1 is 1.28 bits per heavy atom. The van der Waals surface area contributed by atoms with E-state index in [1.807, 2.05) is 6.08 Å². The molecule has 0 atom stereocenters. The lowest BCUT2D eigenvalue weighted by molar-refractivity contribution is -0.137. The van der Waals surface area contributed by atoms with Crippen LogP contribution in [0.15, 0.2) is 30.3 Å². The van der Waals surface area contributed by atoms with Crippen molar-refractivity contribution in [2.45, 2.75) is 19.5 Å². The molecule has 0 aliphatic carbocycles. The van der Waals surface area contributed by atoms with Gasteiger partial charge in [-0.3, -0.25) is 4.79 Å². The minimum Gasteiger partial charge on any atom is -0.288 e. The quantitative estimate of drug-likeness (QED) is 0.757. The van der Waals surface area contributed by atoms with Gasteiger partial charge >= 0.3 is 6.18 Å². The molecule has 0 radical (unpaired) electrons. The molecule has 0 saturated heterocycles. The lowest BCUT2D eigenvalue weighted by Crippen LogP contribution is -2.03. The molecule has 0 heterocycles. The largest absolute Gasteiger partial charge is 0.416 e. The van der Waals surface area contributed by atoms with Crippen LogP contribution >= 0.6 is 11.8 Å². The number of carbonyl (C=O) groups excluding carboxylic acids is 1. The van der Waals surface area contributed by atoms with Crippen LogP contribution in [0.1, 0.15) is 24.5 Å². The van der Waals surface area contributed by atoms with E-state index >= 15 is 0 Å². The Morgan fingerprint density at radius 3 is 2.39 bits per heavy atom. The average Bonchev–Trinajstić information content (AvgIpc) is 2.27. The molecule has 1 nitrogen and oxygen atoms in total. The van der Waals surface area contributed by atoms with E-state index in [2.05, 4.69) is 0 Å². The van der Waals surface area contributed by atoms with Gasteiger partial charge in [0.1, 0.15) is 0 Å². The first-order chi connectivity index (χ1) is 8.39. The van der Waals surface area contributed by atoms with Crippen molar-refractivity contribution in [1.82, 2.24) is 0 Å². The molecule has 18 heavy (non-hydrogen) atoms. The van der Waals surface area contributed by atoms with E-state index in [1.165, 1.54) is 30.8 Å². The van der Waals surface area contributed by atoms with Gasteiger partial charge in [0, 0.05) is 12.7 Å². The Kier molecular flexibility index (Phi) is 5.47. The predicted octanol–water partition coefficient (Wildman–Crippen LogP) is 4.39. The molecule has 98 valence electrons. The Bertz CT molecular complexity index is 421. The molecule has 0 N–H and O–H groups in total. The van der Waals surface area contributed by atoms with Gasteiger partial charge in [-0.1, -0.05) is 36.0 Å². The highest BCUT2D eigenvalue weighted by Gasteiger charge is 2.29. The van der Waals surface area contributed by atoms with Crippen LogP contribution in [0.2, 0.25) is 0 Å². The van der Waals surface area contributed by atoms with E-state index in [0.717, 1.165) is 17.7 Å². The zero-order chi connectivity index (χ0) is 13.6. The summed E-state index contributed by atoms with van der Waals surface area (Å²) < 4.78 is 36.9. The topological polar surface area (TPSA) is 17.1 Å². The monoisotopic (exact) mass is 274 g/mol. The first-order valence-corrected chi connectivity index (χ1v) is 6.35. The van der Waals surface area contributed by atoms with Gasteiger partial charge < -0.3 is 0 Å². The van der Waals surface area contributed by atoms with Crippen molar-refractivity contribution in [3.8, 4) is 0 Å². The van der Waals surface area contributed by atoms with Crippen LogP contribution < -0.4 is 0 Å². The van der Waals surface area contributed by atoms with E-state index in [1.54, 1.807) is 6.08 Å². The second kappa shape index (κ2) is 6.64. The van der Waals surface area contributed by atoms with Gasteiger partial charge in [0.25, 0.3) is 0 Å². The smallest absolute Gasteiger partial charge is 0.288 e. The van der Waals surface area contributed by atoms with Crippen LogP contribution in [0, 0.1) is 0 Å². The first-order valence-electron chi connectivity index (χ1n) is 5.37. The summed E-state index contributed by atoms with van der Waals surface area (Å²) in [5.74, 6) is 0.687. The zero-order valence-corrected chi connectivity index (χ0v) is 10.6. The first kappa shape index (κ1) is 14.8. The molecule has 1 aromatic rings. The summed E-state index contributed by atoms with van der Waals surface area (Å²) in [6.07, 6.45) is 0.0189. The fraction of sp³-hybridized carbons (Fsp3) is 0.308. The molecule has 0 unspecified atom stereocenters. The van der Waals surface area contributed by atoms with E-state index in [9.17, 15) is 18.0 Å². The maximum Gasteiger partial charge on any atom is 0.416 e. The van der Waals surface area contributed by atoms with E-state index in [-0.39, 0.29) is 5.12 Å². The van der Waals surface area contributed by atoms with Crippen molar-refractivity contribution in [3.63, 3.8) is 0 Å². The SMILES string of the molecule is CC(=O)SCCC=Cc1ccc(C(F)(F)F)cc1. The maximum atomic E-state index is 12.3. The third kappa shape index (κ3) is 5.40. The van der Waals surface area contributed by atoms with Crippen molar-refractivity contribution in [2.75, 3.05) is 5.75 Å². The van der Waals surface area contributed by atoms with Gasteiger partial charge in [-0.2, -0.15) is 13.2 Å². The fourth-order valence-corrected chi connectivity index (χ4v) is 1.81. The standard InChI is InChI=1S/C13H13F3OS/c1-10(17)18-9-3-2-4-11-5-7-12(8-6-11)13(14,15)16/h2,4-8H,3,9H2,1H3. The Hall–Kier alpha value is -1.23. The summed E-state index contributed by atoms with van der Waals surface area (Å²) in [6.45, 7) is 1.50. The molecular weight excluding hydrogens is 261 g/mol. The number of thioether (sulfide) groups is 1. The minimum absolute atomic E-state index is 0.0675. The van der Waals surface area contributed by atoms with Crippen molar-refractivity contribution in [3.05, 3.63) is 41.5 Å². The summed E-state index contributed by atoms with van der Waals surface area (Å²) in [5, 5.41) is 0.0675. The van der Waals surface area contributed by atoms with E-state index in [4.69, 9.17) is 0 Å². The molecule has 0 aliphatic rings. The highest BCUT2D eigenvalue weighted by atomic mass is 32.2. The van der Waals surface area contributed by atoms with Crippen molar-refractivity contribution < 1.29 is 18.0 Å². The highest BCUT2D eigenvalue weighted by Crippen LogP contribution is 2.29. The van der Waals surface area contributed by atoms with Crippen molar-refractivity contribution >= 4 is 23.0 Å². The molecule has 0 spiro atoms. The van der Waals surface area contributed by atoms with E-state index in [0.29, 0.717) is 12.2 Å². The van der Waals surface area contributed by atoms with Crippen molar-refractivity contribution in [2.24, 2.45) is 0 Å². The molecule has 1 aromatic carbocycles. The van der Waals surface area contributed by atoms with Crippen LogP contribution in [0.5, 0.6) is 0 Å². The van der Waals surface area contributed by atoms with Gasteiger partial charge in [-0.05, 0) is 24.1 Å². The van der Waals surface area contributed by atoms with Gasteiger partial charge in [0.15, 0.2) is 5.12 Å². The Morgan fingerprint density at radius 2 is 1.89 bits per heavy atom. The van der Waals surface area contributed by atoms with E-state index < -0.39 is 11.7 Å². The molecule has 0 fully saturated rings. The molecule has 1 rings (SSSR count). The average molecular weight is 274 g/mol. The normalized spacial score (nSPS) is 12.0. The summed E-state index contributed by atoms with van der Waals surface area (Å²) in [7, 11) is 0. The summed E-state index contributed by atoms with van der Waals surface area (Å²) in [4.78, 5) is 10.6. The number of hydrogen-bond acceptors (Lipinski definition) is 2. The van der Waals surface area contributed by atoms with Crippen LogP contribution in [-0.2, 0) is 11.0 Å². The third-order valence-electron chi connectivity index (χ3n) is 2.14. The number of benzene rings is 1. The van der Waals surface area contributed by atoms with Gasteiger partial charge in [0.2, 0.25) is 0 Å². The number of alkyl halides is 3. The second-order valence-corrected chi connectivity index (χ2v) is 4.92. The Labute approximate surface area is 108 Å². The zero-order valence-electron chi connectivity index (χ0n) is 9.83. The minimum atomic E-state index is -4.29. The summed E-state index contributed by atoms with van der Waals surface area (Å²) in [6, 6.07) is 4.98. The number of carbonyl (C=O) groups is 1. The maximum absolute atomic E-state index is 12.3. The number of hydrogen-bond donors (Lipinski definition) is 0. The van der Waals surface area contributed by atoms with Crippen molar-refractivity contribution in [1.29, 1.82) is 0 Å². The van der Waals surface area contributed by atoms with Crippen LogP contribution in [0.4, 0.5) is 13.2 Å². The van der Waals surface area contributed by atoms with Crippen LogP contribution in [0.25, 0.3) is 6.08 Å². The van der Waals surface area contributed by atoms with Crippen LogP contribution in [0.3, 0.4) is 0 Å². The van der Waals surface area contributed by atoms with Crippen LogP contribution in [-0.4, -0.2) is 10.9 Å². The predicted molar refractivity (Wildman–Crippen MR) is 68.2 cm³/mol. The fourth-order valence-electron chi connectivity index (χ4n) is 1.27. The number of halogens is 3. The molecule has 0 amide bonds. The molecule has 0 bridgehead atoms. The highest BCUT2D eigenvalue weighted by molar-refractivity contribution is 8.13. The van der Waals surface area contributed by atoms with Gasteiger partial charge in [-0.15, -0.1) is 0 Å². The Balaban J connectivity index is 2.49. The molecule has 0 aliphatic heterocycles. The van der Waals surface area contributed by atoms with Gasteiger partial charge in [-0.25, -0.2) is 0 Å². The number of rotatable bonds is 4. The molecule has 5 heteroatoms. The lowest BCUT2D eigenvalue weighted by atomic mass is 10.1. The lowest BCUT2D eigenvalue weighted by Gasteiger charge is -2.05. The summed E-state index contributed by atoms with van der Waals surface area (Å²) >= 11 is 1.23. The molecule has 0 saturated carbocycles. The second-order valence-electron chi connectivity index (χ2n) is 3.65. The molecular formula is C13H13F3OS. The van der Waals surface area contributed by atoms with Gasteiger partial charge in [0.05, 0.1) is 5.56 Å². The third-order valence-corrected chi connectivity index (χ3v) is 2.98.